The highest BCUT2D eigenvalue weighted by atomic mass is 32.1. The van der Waals surface area contributed by atoms with Gasteiger partial charge in [0.2, 0.25) is 0 Å². The first-order chi connectivity index (χ1) is 32.7. The first-order valence-electron chi connectivity index (χ1n) is 22.7. The highest BCUT2D eigenvalue weighted by Crippen LogP contribution is 2.47. The van der Waals surface area contributed by atoms with Crippen LogP contribution in [0.5, 0.6) is 0 Å². The molecule has 0 unspecified atom stereocenters. The van der Waals surface area contributed by atoms with E-state index >= 15 is 0 Å². The maximum absolute atomic E-state index is 2.42. The van der Waals surface area contributed by atoms with Crippen molar-refractivity contribution in [1.82, 2.24) is 0 Å². The zero-order valence-electron chi connectivity index (χ0n) is 36.0. The molecule has 0 atom stereocenters. The fraction of sp³-hybridized carbons (Fsp3) is 0. The van der Waals surface area contributed by atoms with Crippen LogP contribution in [0.1, 0.15) is 0 Å². The van der Waals surface area contributed by atoms with Crippen molar-refractivity contribution in [2.75, 3.05) is 4.90 Å². The van der Waals surface area contributed by atoms with Crippen LogP contribution in [0, 0.1) is 0 Å². The predicted octanol–water partition coefficient (Wildman–Crippen LogP) is 18.8. The topological polar surface area (TPSA) is 3.24 Å². The van der Waals surface area contributed by atoms with Gasteiger partial charge >= 0.3 is 0 Å². The second-order valence-corrected chi connectivity index (χ2v) is 18.2. The van der Waals surface area contributed by atoms with E-state index < -0.39 is 0 Å². The molecule has 66 heavy (non-hydrogen) atoms. The lowest BCUT2D eigenvalue weighted by Gasteiger charge is -2.27. The Balaban J connectivity index is 0.970. The van der Waals surface area contributed by atoms with Crippen LogP contribution in [0.15, 0.2) is 249 Å². The Labute approximate surface area is 387 Å². The van der Waals surface area contributed by atoms with Crippen LogP contribution in [-0.2, 0) is 0 Å². The minimum Gasteiger partial charge on any atom is -0.310 e. The van der Waals surface area contributed by atoms with E-state index in [0.29, 0.717) is 0 Å². The standard InChI is InChI=1S/C64H41NS/c1-3-16-44(17-4-1)62-58-25-10-9-23-55(58)56-37-33-46(41-60(56)63(62)45-18-5-2-6-19-45)42-31-34-49(35-32-42)65(51-36-38-53-48(40-51)30-29-43-15-7-8-22-52(43)53)50-21-13-20-47(39-50)54-26-14-27-59-57-24-11-12-28-61(57)66-64(54)59/h1-41H. The van der Waals surface area contributed by atoms with Crippen LogP contribution in [0.2, 0.25) is 0 Å². The maximum atomic E-state index is 2.42. The molecule has 13 rings (SSSR count). The first kappa shape index (κ1) is 38.2. The molecule has 1 heterocycles. The highest BCUT2D eigenvalue weighted by molar-refractivity contribution is 7.26. The average molecular weight is 856 g/mol. The minimum absolute atomic E-state index is 1.10. The predicted molar refractivity (Wildman–Crippen MR) is 286 cm³/mol. The molecular formula is C64H41NS. The molecule has 0 spiro atoms. The van der Waals surface area contributed by atoms with E-state index in [1.54, 1.807) is 0 Å². The van der Waals surface area contributed by atoms with Crippen molar-refractivity contribution in [3.63, 3.8) is 0 Å². The molecule has 13 aromatic rings. The van der Waals surface area contributed by atoms with Gasteiger partial charge < -0.3 is 4.90 Å². The molecule has 0 saturated carbocycles. The van der Waals surface area contributed by atoms with E-state index in [0.717, 1.165) is 17.1 Å². The molecule has 0 N–H and O–H groups in total. The fourth-order valence-corrected chi connectivity index (χ4v) is 11.6. The number of rotatable bonds is 7. The normalized spacial score (nSPS) is 11.6. The summed E-state index contributed by atoms with van der Waals surface area (Å²) in [6.45, 7) is 0. The summed E-state index contributed by atoms with van der Waals surface area (Å²) in [5, 5.41) is 12.6. The van der Waals surface area contributed by atoms with Crippen molar-refractivity contribution >= 4 is 91.7 Å². The van der Waals surface area contributed by atoms with Crippen LogP contribution in [-0.4, -0.2) is 0 Å². The number of hydrogen-bond donors (Lipinski definition) is 0. The molecule has 2 heteroatoms. The summed E-state index contributed by atoms with van der Waals surface area (Å²) < 4.78 is 2.63. The average Bonchev–Trinajstić information content (AvgIpc) is 3.78. The van der Waals surface area contributed by atoms with Crippen molar-refractivity contribution in [2.45, 2.75) is 0 Å². The molecular weight excluding hydrogens is 815 g/mol. The van der Waals surface area contributed by atoms with Crippen LogP contribution in [0.3, 0.4) is 0 Å². The third-order valence-electron chi connectivity index (χ3n) is 13.4. The zero-order chi connectivity index (χ0) is 43.6. The third kappa shape index (κ3) is 6.37. The van der Waals surface area contributed by atoms with Gasteiger partial charge in [0, 0.05) is 37.2 Å². The van der Waals surface area contributed by atoms with Crippen LogP contribution in [0.4, 0.5) is 17.1 Å². The molecule has 0 aliphatic heterocycles. The van der Waals surface area contributed by atoms with Crippen molar-refractivity contribution in [2.24, 2.45) is 0 Å². The smallest absolute Gasteiger partial charge is 0.0468 e. The second-order valence-electron chi connectivity index (χ2n) is 17.2. The highest BCUT2D eigenvalue weighted by Gasteiger charge is 2.20. The van der Waals surface area contributed by atoms with Gasteiger partial charge in [-0.05, 0) is 136 Å². The molecule has 0 amide bonds. The van der Waals surface area contributed by atoms with Crippen LogP contribution >= 0.6 is 11.3 Å². The van der Waals surface area contributed by atoms with E-state index in [1.807, 2.05) is 11.3 Å². The summed E-state index contributed by atoms with van der Waals surface area (Å²) in [5.41, 5.74) is 13.1. The summed E-state index contributed by atoms with van der Waals surface area (Å²) in [6, 6.07) is 91.5. The van der Waals surface area contributed by atoms with Crippen molar-refractivity contribution in [1.29, 1.82) is 0 Å². The Morgan fingerprint density at radius 1 is 0.258 bits per heavy atom. The quantitative estimate of drug-likeness (QED) is 0.144. The van der Waals surface area contributed by atoms with Crippen LogP contribution in [0.25, 0.3) is 108 Å². The summed E-state index contributed by atoms with van der Waals surface area (Å²) >= 11 is 1.88. The Morgan fingerprint density at radius 3 is 1.61 bits per heavy atom. The molecule has 1 aromatic heterocycles. The zero-order valence-corrected chi connectivity index (χ0v) is 36.8. The van der Waals surface area contributed by atoms with Gasteiger partial charge in [0.15, 0.2) is 0 Å². The SMILES string of the molecule is c1ccc(-c2c(-c3ccccc3)c3cc(-c4ccc(N(c5cccc(-c6cccc7c6sc6ccccc67)c5)c5ccc6c(ccc7ccccc76)c5)cc4)ccc3c3ccccc23)cc1. The number of hydrogen-bond acceptors (Lipinski definition) is 2. The molecule has 308 valence electrons. The maximum Gasteiger partial charge on any atom is 0.0468 e. The largest absolute Gasteiger partial charge is 0.310 e. The lowest BCUT2D eigenvalue weighted by Crippen LogP contribution is -2.10. The number of nitrogens with zero attached hydrogens (tertiary/aromatic N) is 1. The number of fused-ring (bicyclic) bond motifs is 9. The summed E-state index contributed by atoms with van der Waals surface area (Å²) in [5.74, 6) is 0. The van der Waals surface area contributed by atoms with Gasteiger partial charge in [0.25, 0.3) is 0 Å². The molecule has 0 aliphatic rings. The van der Waals surface area contributed by atoms with Crippen LogP contribution < -0.4 is 4.90 Å². The summed E-state index contributed by atoms with van der Waals surface area (Å²) in [7, 11) is 0. The number of anilines is 3. The lowest BCUT2D eigenvalue weighted by molar-refractivity contribution is 1.29. The monoisotopic (exact) mass is 855 g/mol. The Bertz CT molecular complexity index is 3980. The van der Waals surface area contributed by atoms with Gasteiger partial charge in [0.1, 0.15) is 0 Å². The molecule has 0 bridgehead atoms. The third-order valence-corrected chi connectivity index (χ3v) is 14.6. The van der Waals surface area contributed by atoms with Crippen molar-refractivity contribution in [3.8, 4) is 44.5 Å². The Morgan fingerprint density at radius 2 is 0.803 bits per heavy atom. The van der Waals surface area contributed by atoms with Gasteiger partial charge in [0.05, 0.1) is 0 Å². The van der Waals surface area contributed by atoms with E-state index in [-0.39, 0.29) is 0 Å². The fourth-order valence-electron chi connectivity index (χ4n) is 10.4. The first-order valence-corrected chi connectivity index (χ1v) is 23.5. The van der Waals surface area contributed by atoms with Gasteiger partial charge in [-0.25, -0.2) is 0 Å². The van der Waals surface area contributed by atoms with Gasteiger partial charge in [-0.2, -0.15) is 0 Å². The van der Waals surface area contributed by atoms with Crippen molar-refractivity contribution in [3.05, 3.63) is 249 Å². The second kappa shape index (κ2) is 15.7. The summed E-state index contributed by atoms with van der Waals surface area (Å²) in [4.78, 5) is 2.42. The lowest BCUT2D eigenvalue weighted by atomic mass is 9.84. The number of thiophene rings is 1. The summed E-state index contributed by atoms with van der Waals surface area (Å²) in [6.07, 6.45) is 0. The van der Waals surface area contributed by atoms with Gasteiger partial charge in [-0.3, -0.25) is 0 Å². The molecule has 0 aliphatic carbocycles. The Hall–Kier alpha value is -8.30. The molecule has 1 nitrogen and oxygen atoms in total. The van der Waals surface area contributed by atoms with Gasteiger partial charge in [-0.1, -0.05) is 200 Å². The van der Waals surface area contributed by atoms with E-state index in [2.05, 4.69) is 254 Å². The van der Waals surface area contributed by atoms with E-state index in [9.17, 15) is 0 Å². The minimum atomic E-state index is 1.10. The van der Waals surface area contributed by atoms with E-state index in [4.69, 9.17) is 0 Å². The molecule has 0 fully saturated rings. The van der Waals surface area contributed by atoms with Crippen molar-refractivity contribution < 1.29 is 0 Å². The molecule has 12 aromatic carbocycles. The molecule has 0 saturated heterocycles. The van der Waals surface area contributed by atoms with E-state index in [1.165, 1.54) is 108 Å². The van der Waals surface area contributed by atoms with Gasteiger partial charge in [-0.15, -0.1) is 11.3 Å². The molecule has 0 radical (unpaired) electrons. The number of benzene rings is 12. The Kier molecular flexibility index (Phi) is 9.11.